The summed E-state index contributed by atoms with van der Waals surface area (Å²) >= 11 is 0. The van der Waals surface area contributed by atoms with Crippen LogP contribution in [-0.4, -0.2) is 56.2 Å². The molecule has 0 spiro atoms. The van der Waals surface area contributed by atoms with Crippen LogP contribution in [0.5, 0.6) is 0 Å². The number of hydrogen-bond acceptors (Lipinski definition) is 4. The zero-order valence-corrected chi connectivity index (χ0v) is 19.9. The first-order valence-electron chi connectivity index (χ1n) is 12.0. The topological polar surface area (TPSA) is 107 Å². The molecule has 0 aliphatic carbocycles. The first kappa shape index (κ1) is 24.2. The number of likely N-dealkylation sites (tertiary alicyclic amines) is 1. The minimum atomic E-state index is -1.06. The van der Waals surface area contributed by atoms with E-state index in [4.69, 9.17) is 0 Å². The molecule has 1 aliphatic heterocycles. The summed E-state index contributed by atoms with van der Waals surface area (Å²) in [5.41, 5.74) is 1.77. The quantitative estimate of drug-likeness (QED) is 0.416. The maximum atomic E-state index is 14.8. The summed E-state index contributed by atoms with van der Waals surface area (Å²) in [5.74, 6) is -1.12. The zero-order valence-electron chi connectivity index (χ0n) is 19.9. The van der Waals surface area contributed by atoms with E-state index < -0.39 is 17.8 Å². The Morgan fingerprint density at radius 3 is 2.51 bits per heavy atom. The standard InChI is InChI=1S/C28H25FN4O4/c29-24-11-10-19(15-25-21-8-4-5-9-22(21)26(34)31-30-25)14-23(24)27(35)32-13-12-20(17-32)33(28(36)37)16-18-6-2-1-3-7-18/h1-11,14,20H,12-13,15-17H2,(H,31,34)(H,36,37)/t20-/m1/s1. The highest BCUT2D eigenvalue weighted by Crippen LogP contribution is 2.23. The molecule has 2 amide bonds. The highest BCUT2D eigenvalue weighted by molar-refractivity contribution is 5.95. The molecule has 2 heterocycles. The first-order chi connectivity index (χ1) is 17.9. The van der Waals surface area contributed by atoms with Crippen LogP contribution in [-0.2, 0) is 13.0 Å². The lowest BCUT2D eigenvalue weighted by Gasteiger charge is -2.26. The molecule has 1 aliphatic rings. The number of nitrogens with zero attached hydrogens (tertiary/aromatic N) is 3. The Labute approximate surface area is 212 Å². The Balaban J connectivity index is 1.34. The van der Waals surface area contributed by atoms with Crippen molar-refractivity contribution < 1.29 is 19.1 Å². The number of halogens is 1. The monoisotopic (exact) mass is 500 g/mol. The van der Waals surface area contributed by atoms with Gasteiger partial charge in [0.25, 0.3) is 11.5 Å². The van der Waals surface area contributed by atoms with E-state index in [-0.39, 0.29) is 30.3 Å². The van der Waals surface area contributed by atoms with E-state index in [1.165, 1.54) is 21.9 Å². The van der Waals surface area contributed by atoms with E-state index in [2.05, 4.69) is 10.2 Å². The summed E-state index contributed by atoms with van der Waals surface area (Å²) in [7, 11) is 0. The van der Waals surface area contributed by atoms with Crippen LogP contribution >= 0.6 is 0 Å². The maximum absolute atomic E-state index is 14.8. The van der Waals surface area contributed by atoms with Crippen molar-refractivity contribution in [2.45, 2.75) is 25.4 Å². The third-order valence-electron chi connectivity index (χ3n) is 6.74. The van der Waals surface area contributed by atoms with Gasteiger partial charge in [0.05, 0.1) is 22.7 Å². The molecular formula is C28H25FN4O4. The van der Waals surface area contributed by atoms with Gasteiger partial charge < -0.3 is 10.0 Å². The number of aromatic amines is 1. The van der Waals surface area contributed by atoms with Crippen molar-refractivity contribution in [3.63, 3.8) is 0 Å². The van der Waals surface area contributed by atoms with Crippen molar-refractivity contribution in [2.24, 2.45) is 0 Å². The van der Waals surface area contributed by atoms with Gasteiger partial charge in [0, 0.05) is 31.4 Å². The number of benzene rings is 3. The summed E-state index contributed by atoms with van der Waals surface area (Å²) in [5, 5.41) is 17.6. The Bertz CT molecular complexity index is 1520. The number of carbonyl (C=O) groups excluding carboxylic acids is 1. The van der Waals surface area contributed by atoms with Gasteiger partial charge in [-0.3, -0.25) is 14.5 Å². The van der Waals surface area contributed by atoms with Crippen molar-refractivity contribution in [3.8, 4) is 0 Å². The van der Waals surface area contributed by atoms with Gasteiger partial charge in [-0.15, -0.1) is 0 Å². The third-order valence-corrected chi connectivity index (χ3v) is 6.74. The van der Waals surface area contributed by atoms with Crippen LogP contribution in [0.15, 0.2) is 77.6 Å². The van der Waals surface area contributed by atoms with Gasteiger partial charge in [-0.2, -0.15) is 5.10 Å². The second-order valence-electron chi connectivity index (χ2n) is 9.13. The highest BCUT2D eigenvalue weighted by Gasteiger charge is 2.34. The minimum Gasteiger partial charge on any atom is -0.465 e. The lowest BCUT2D eigenvalue weighted by molar-refractivity contribution is 0.0763. The lowest BCUT2D eigenvalue weighted by Crippen LogP contribution is -2.41. The predicted octanol–water partition coefficient (Wildman–Crippen LogP) is 4.05. The maximum Gasteiger partial charge on any atom is 0.407 e. The van der Waals surface area contributed by atoms with Crippen LogP contribution in [0.4, 0.5) is 9.18 Å². The number of amides is 2. The smallest absolute Gasteiger partial charge is 0.407 e. The molecule has 0 saturated carbocycles. The fraction of sp³-hybridized carbons (Fsp3) is 0.214. The summed E-state index contributed by atoms with van der Waals surface area (Å²) in [4.78, 5) is 40.2. The van der Waals surface area contributed by atoms with Gasteiger partial charge in [-0.05, 0) is 35.7 Å². The van der Waals surface area contributed by atoms with Crippen LogP contribution < -0.4 is 5.56 Å². The van der Waals surface area contributed by atoms with Crippen LogP contribution in [0.2, 0.25) is 0 Å². The van der Waals surface area contributed by atoms with Gasteiger partial charge in [0.2, 0.25) is 0 Å². The Hall–Kier alpha value is -4.53. The van der Waals surface area contributed by atoms with Gasteiger partial charge >= 0.3 is 6.09 Å². The lowest BCUT2D eigenvalue weighted by atomic mass is 10.0. The summed E-state index contributed by atoms with van der Waals surface area (Å²) in [6.07, 6.45) is -0.291. The number of carbonyl (C=O) groups is 2. The largest absolute Gasteiger partial charge is 0.465 e. The van der Waals surface area contributed by atoms with E-state index in [1.807, 2.05) is 36.4 Å². The van der Waals surface area contributed by atoms with Crippen LogP contribution in [0.3, 0.4) is 0 Å². The van der Waals surface area contributed by atoms with E-state index in [0.717, 1.165) is 5.56 Å². The molecule has 5 rings (SSSR count). The average Bonchev–Trinajstić information content (AvgIpc) is 3.40. The molecule has 4 aromatic rings. The van der Waals surface area contributed by atoms with Crippen molar-refractivity contribution in [3.05, 3.63) is 111 Å². The summed E-state index contributed by atoms with van der Waals surface area (Å²) < 4.78 is 14.8. The van der Waals surface area contributed by atoms with Crippen molar-refractivity contribution in [2.75, 3.05) is 13.1 Å². The van der Waals surface area contributed by atoms with Crippen LogP contribution in [0.25, 0.3) is 10.8 Å². The first-order valence-corrected chi connectivity index (χ1v) is 12.0. The zero-order chi connectivity index (χ0) is 25.9. The number of H-pyrrole nitrogens is 1. The van der Waals surface area contributed by atoms with Crippen molar-refractivity contribution in [1.82, 2.24) is 20.0 Å². The molecule has 37 heavy (non-hydrogen) atoms. The average molecular weight is 501 g/mol. The number of nitrogens with one attached hydrogen (secondary N) is 1. The van der Waals surface area contributed by atoms with Gasteiger partial charge in [0.15, 0.2) is 0 Å². The number of rotatable bonds is 6. The summed E-state index contributed by atoms with van der Waals surface area (Å²) in [6.45, 7) is 0.735. The van der Waals surface area contributed by atoms with Crippen LogP contribution in [0, 0.1) is 5.82 Å². The second kappa shape index (κ2) is 10.2. The predicted molar refractivity (Wildman–Crippen MR) is 136 cm³/mol. The number of carboxylic acid groups (broad SMARTS) is 1. The van der Waals surface area contributed by atoms with Crippen molar-refractivity contribution in [1.29, 1.82) is 0 Å². The number of fused-ring (bicyclic) bond motifs is 1. The molecule has 1 saturated heterocycles. The molecule has 2 N–H and O–H groups in total. The number of aromatic nitrogens is 2. The molecule has 0 bridgehead atoms. The van der Waals surface area contributed by atoms with Gasteiger partial charge in [0.1, 0.15) is 5.82 Å². The SMILES string of the molecule is O=C(c1cc(Cc2n[nH]c(=O)c3ccccc23)ccc1F)N1CC[C@@H](N(Cc2ccccc2)C(=O)O)C1. The molecule has 1 fully saturated rings. The molecule has 188 valence electrons. The molecule has 9 heteroatoms. The third kappa shape index (κ3) is 5.06. The highest BCUT2D eigenvalue weighted by atomic mass is 19.1. The van der Waals surface area contributed by atoms with Gasteiger partial charge in [-0.1, -0.05) is 54.6 Å². The molecular weight excluding hydrogens is 475 g/mol. The van der Waals surface area contributed by atoms with E-state index in [0.29, 0.717) is 41.4 Å². The molecule has 3 aromatic carbocycles. The molecule has 1 atom stereocenters. The molecule has 0 radical (unpaired) electrons. The van der Waals surface area contributed by atoms with Crippen LogP contribution in [0.1, 0.15) is 33.6 Å². The normalized spacial score (nSPS) is 15.2. The second-order valence-corrected chi connectivity index (χ2v) is 9.13. The van der Waals surface area contributed by atoms with E-state index in [9.17, 15) is 23.9 Å². The van der Waals surface area contributed by atoms with Gasteiger partial charge in [-0.25, -0.2) is 14.3 Å². The fourth-order valence-corrected chi connectivity index (χ4v) is 4.83. The van der Waals surface area contributed by atoms with E-state index in [1.54, 1.807) is 24.3 Å². The van der Waals surface area contributed by atoms with Crippen molar-refractivity contribution >= 4 is 22.8 Å². The van der Waals surface area contributed by atoms with E-state index >= 15 is 0 Å². The molecule has 1 aromatic heterocycles. The molecule has 0 unspecified atom stereocenters. The minimum absolute atomic E-state index is 0.0724. The fourth-order valence-electron chi connectivity index (χ4n) is 4.83. The Morgan fingerprint density at radius 2 is 1.76 bits per heavy atom. The Kier molecular flexibility index (Phi) is 6.68. The Morgan fingerprint density at radius 1 is 1.03 bits per heavy atom. The molecule has 8 nitrogen and oxygen atoms in total. The summed E-state index contributed by atoms with van der Waals surface area (Å²) in [6, 6.07) is 20.3. The number of hydrogen-bond donors (Lipinski definition) is 2.